The molecule has 10 heavy (non-hydrogen) atoms. The Hall–Kier alpha value is 0.680. The topological polar surface area (TPSA) is 80.3 Å². The van der Waals surface area contributed by atoms with Crippen LogP contribution in [0.3, 0.4) is 0 Å². The van der Waals surface area contributed by atoms with E-state index >= 15 is 0 Å². The van der Waals surface area contributed by atoms with Crippen LogP contribution in [0.4, 0.5) is 0 Å². The van der Waals surface area contributed by atoms with Gasteiger partial charge >= 0.3 is 59.1 Å². The second-order valence-electron chi connectivity index (χ2n) is 0.619. The van der Waals surface area contributed by atoms with E-state index in [2.05, 4.69) is 6.58 Å². The van der Waals surface area contributed by atoms with Crippen LogP contribution in [0, 0.1) is 0 Å². The van der Waals surface area contributed by atoms with Crippen LogP contribution in [0.2, 0.25) is 0 Å². The first kappa shape index (κ1) is 22.4. The van der Waals surface area contributed by atoms with Gasteiger partial charge in [0.1, 0.15) is 0 Å². The van der Waals surface area contributed by atoms with Gasteiger partial charge in [0, 0.05) is 6.47 Å². The quantitative estimate of drug-likeness (QED) is 0.218. The van der Waals surface area contributed by atoms with Gasteiger partial charge in [-0.1, -0.05) is 6.58 Å². The van der Waals surface area contributed by atoms with Crippen LogP contribution in [0.5, 0.6) is 0 Å². The number of hydrogen-bond donors (Lipinski definition) is 0. The molecule has 46 valence electrons. The monoisotopic (exact) mass is 162 g/mol. The van der Waals surface area contributed by atoms with Crippen LogP contribution in [-0.2, 0) is 9.59 Å². The third-order valence-corrected chi connectivity index (χ3v) is 0.167. The minimum atomic E-state index is -1.23. The van der Waals surface area contributed by atoms with E-state index in [1.54, 1.807) is 0 Å². The van der Waals surface area contributed by atoms with Crippen molar-refractivity contribution >= 4 is 12.4 Å². The molecule has 0 unspecified atom stereocenters. The molecule has 0 aliphatic rings. The van der Waals surface area contributed by atoms with E-state index in [1.807, 2.05) is 0 Å². The molecule has 0 rings (SSSR count). The molecule has 0 atom stereocenters. The van der Waals surface area contributed by atoms with Crippen molar-refractivity contribution in [2.24, 2.45) is 0 Å². The van der Waals surface area contributed by atoms with E-state index in [9.17, 15) is 0 Å². The van der Waals surface area contributed by atoms with Crippen LogP contribution in [-0.4, -0.2) is 12.4 Å². The number of carboxylic acid groups (broad SMARTS) is 2. The molecule has 0 aromatic rings. The first-order chi connectivity index (χ1) is 3.68. The van der Waals surface area contributed by atoms with Gasteiger partial charge in [-0.15, -0.1) is 0 Å². The number of rotatable bonds is 1. The number of aliphatic carboxylic acids is 1. The Morgan fingerprint density at radius 1 is 1.40 bits per heavy atom. The van der Waals surface area contributed by atoms with Gasteiger partial charge in [0.15, 0.2) is 0 Å². The Morgan fingerprint density at radius 2 is 1.50 bits per heavy atom. The maximum atomic E-state index is 9.14. The largest absolute Gasteiger partial charge is 1.00 e. The SMILES string of the molecule is C=CC(=O)[O-].O=C[O-].[Na+].[Na+]. The van der Waals surface area contributed by atoms with Crippen molar-refractivity contribution in [1.82, 2.24) is 0 Å². The minimum absolute atomic E-state index is 0. The summed E-state index contributed by atoms with van der Waals surface area (Å²) in [4.78, 5) is 17.4. The van der Waals surface area contributed by atoms with Gasteiger partial charge in [0.2, 0.25) is 0 Å². The van der Waals surface area contributed by atoms with E-state index in [-0.39, 0.29) is 59.1 Å². The smallest absolute Gasteiger partial charge is 0.554 e. The maximum Gasteiger partial charge on any atom is 1.00 e. The second kappa shape index (κ2) is 22.6. The normalized spacial score (nSPS) is 4.40. The summed E-state index contributed by atoms with van der Waals surface area (Å²) in [5.74, 6) is -1.23. The van der Waals surface area contributed by atoms with Gasteiger partial charge in [0.05, 0.1) is 5.97 Å². The summed E-state index contributed by atoms with van der Waals surface area (Å²) < 4.78 is 0. The zero-order valence-corrected chi connectivity index (χ0v) is 9.99. The van der Waals surface area contributed by atoms with Crippen molar-refractivity contribution in [3.8, 4) is 0 Å². The van der Waals surface area contributed by atoms with Gasteiger partial charge < -0.3 is 19.8 Å². The average molecular weight is 162 g/mol. The summed E-state index contributed by atoms with van der Waals surface area (Å²) in [5, 5.41) is 17.4. The molecule has 0 aliphatic carbocycles. The number of carbonyl (C=O) groups excluding carboxylic acids is 2. The van der Waals surface area contributed by atoms with E-state index in [1.165, 1.54) is 0 Å². The minimum Gasteiger partial charge on any atom is -0.554 e. The summed E-state index contributed by atoms with van der Waals surface area (Å²) in [5.41, 5.74) is 0. The van der Waals surface area contributed by atoms with Crippen molar-refractivity contribution in [3.63, 3.8) is 0 Å². The van der Waals surface area contributed by atoms with Gasteiger partial charge in [-0.2, -0.15) is 0 Å². The van der Waals surface area contributed by atoms with Gasteiger partial charge in [0.25, 0.3) is 0 Å². The summed E-state index contributed by atoms with van der Waals surface area (Å²) in [6.45, 7) is 2.40. The maximum absolute atomic E-state index is 9.14. The van der Waals surface area contributed by atoms with Gasteiger partial charge in [-0.25, -0.2) is 0 Å². The summed E-state index contributed by atoms with van der Waals surface area (Å²) >= 11 is 0. The Bertz CT molecular complexity index is 93.3. The number of carboxylic acids is 1. The molecule has 0 heterocycles. The zero-order chi connectivity index (χ0) is 6.99. The fraction of sp³-hybridized carbons (Fsp3) is 0. The predicted molar refractivity (Wildman–Crippen MR) is 21.3 cm³/mol. The summed E-state index contributed by atoms with van der Waals surface area (Å²) in [6.07, 6.45) is 0.722. The van der Waals surface area contributed by atoms with Crippen LogP contribution >= 0.6 is 0 Å². The van der Waals surface area contributed by atoms with Crippen LogP contribution in [0.25, 0.3) is 0 Å². The average Bonchev–Trinajstić information content (AvgIpc) is 1.69. The van der Waals surface area contributed by atoms with Crippen molar-refractivity contribution in [2.45, 2.75) is 0 Å². The number of carbonyl (C=O) groups is 2. The van der Waals surface area contributed by atoms with Crippen molar-refractivity contribution in [2.75, 3.05) is 0 Å². The third kappa shape index (κ3) is 71.3. The Morgan fingerprint density at radius 3 is 1.50 bits per heavy atom. The molecule has 0 amide bonds. The van der Waals surface area contributed by atoms with E-state index in [4.69, 9.17) is 19.8 Å². The second-order valence-corrected chi connectivity index (χ2v) is 0.619. The molecule has 0 bridgehead atoms. The molecule has 0 spiro atoms. The molecule has 0 saturated heterocycles. The first-order valence-corrected chi connectivity index (χ1v) is 1.58. The molecule has 0 fully saturated rings. The number of hydrogen-bond acceptors (Lipinski definition) is 4. The molecule has 0 aliphatic heterocycles. The van der Waals surface area contributed by atoms with E-state index < -0.39 is 12.4 Å². The first-order valence-electron chi connectivity index (χ1n) is 1.58. The summed E-state index contributed by atoms with van der Waals surface area (Å²) in [6, 6.07) is 0. The Balaban J connectivity index is -0.0000000326. The van der Waals surface area contributed by atoms with Crippen molar-refractivity contribution in [3.05, 3.63) is 12.7 Å². The van der Waals surface area contributed by atoms with Crippen LogP contribution < -0.4 is 69.3 Å². The van der Waals surface area contributed by atoms with Gasteiger partial charge in [-0.05, 0) is 6.08 Å². The Kier molecular flexibility index (Phi) is 50.7. The molecular weight excluding hydrogens is 158 g/mol. The molecule has 4 nitrogen and oxygen atoms in total. The van der Waals surface area contributed by atoms with E-state index in [0.29, 0.717) is 0 Å². The molecule has 0 aromatic heterocycles. The van der Waals surface area contributed by atoms with Gasteiger partial charge in [-0.3, -0.25) is 0 Å². The standard InChI is InChI=1S/C3H4O2.CH2O2.2Na/c1-2-3(4)5;2-1-3;;/h2H,1H2,(H,4,5);1H,(H,2,3);;/q;;2*+1/p-2. The van der Waals surface area contributed by atoms with Crippen molar-refractivity contribution < 1.29 is 78.9 Å². The van der Waals surface area contributed by atoms with Crippen LogP contribution in [0.1, 0.15) is 0 Å². The third-order valence-electron chi connectivity index (χ3n) is 0.167. The molecule has 0 aromatic carbocycles. The summed E-state index contributed by atoms with van der Waals surface area (Å²) in [7, 11) is 0. The fourth-order valence-electron chi connectivity index (χ4n) is 0. The predicted octanol–water partition coefficient (Wildman–Crippen LogP) is -8.70. The van der Waals surface area contributed by atoms with Crippen molar-refractivity contribution in [1.29, 1.82) is 0 Å². The molecule has 6 heteroatoms. The molecule has 0 radical (unpaired) electrons. The van der Waals surface area contributed by atoms with E-state index in [0.717, 1.165) is 6.08 Å². The Labute approximate surface area is 103 Å². The molecular formula is C4H4Na2O4. The molecule has 0 saturated carbocycles. The van der Waals surface area contributed by atoms with Crippen LogP contribution in [0.15, 0.2) is 12.7 Å². The zero-order valence-electron chi connectivity index (χ0n) is 5.99. The molecule has 0 N–H and O–H groups in total. The fourth-order valence-corrected chi connectivity index (χ4v) is 0.